The summed E-state index contributed by atoms with van der Waals surface area (Å²) in [6.07, 6.45) is 2.57. The van der Waals surface area contributed by atoms with Gasteiger partial charge in [0.05, 0.1) is 14.2 Å². The number of carbonyl (C=O) groups excluding carboxylic acids is 1. The second-order valence-corrected chi connectivity index (χ2v) is 4.35. The molecule has 0 amide bonds. The summed E-state index contributed by atoms with van der Waals surface area (Å²) < 4.78 is 10.5. The molecular formula is C15H22O3. The lowest BCUT2D eigenvalue weighted by Gasteiger charge is -2.15. The van der Waals surface area contributed by atoms with Crippen molar-refractivity contribution in [2.45, 2.75) is 33.1 Å². The van der Waals surface area contributed by atoms with Crippen molar-refractivity contribution in [3.05, 3.63) is 23.8 Å². The summed E-state index contributed by atoms with van der Waals surface area (Å²) >= 11 is 0. The maximum atomic E-state index is 12.4. The summed E-state index contributed by atoms with van der Waals surface area (Å²) in [6, 6.07) is 5.41. The third-order valence-corrected chi connectivity index (χ3v) is 3.34. The van der Waals surface area contributed by atoms with Crippen LogP contribution >= 0.6 is 0 Å². The SMILES string of the molecule is CCC(CC)CC(=O)c1c(OC)cccc1OC. The van der Waals surface area contributed by atoms with Gasteiger partial charge in [-0.05, 0) is 18.1 Å². The quantitative estimate of drug-likeness (QED) is 0.692. The predicted molar refractivity (Wildman–Crippen MR) is 72.6 cm³/mol. The van der Waals surface area contributed by atoms with Crippen LogP contribution in [0.4, 0.5) is 0 Å². The zero-order valence-electron chi connectivity index (χ0n) is 11.7. The molecule has 0 heterocycles. The minimum absolute atomic E-state index is 0.0954. The van der Waals surface area contributed by atoms with Gasteiger partial charge >= 0.3 is 0 Å². The Morgan fingerprint density at radius 2 is 1.61 bits per heavy atom. The summed E-state index contributed by atoms with van der Waals surface area (Å²) in [5.41, 5.74) is 0.564. The van der Waals surface area contributed by atoms with Crippen molar-refractivity contribution in [2.24, 2.45) is 5.92 Å². The van der Waals surface area contributed by atoms with Crippen LogP contribution in [0.2, 0.25) is 0 Å². The zero-order chi connectivity index (χ0) is 13.5. The Morgan fingerprint density at radius 3 is 2.00 bits per heavy atom. The van der Waals surface area contributed by atoms with Crippen LogP contribution in [0.15, 0.2) is 18.2 Å². The van der Waals surface area contributed by atoms with Crippen LogP contribution in [0.1, 0.15) is 43.5 Å². The molecule has 0 spiro atoms. The van der Waals surface area contributed by atoms with Gasteiger partial charge in [0.1, 0.15) is 17.1 Å². The van der Waals surface area contributed by atoms with E-state index in [1.54, 1.807) is 26.4 Å². The molecule has 100 valence electrons. The van der Waals surface area contributed by atoms with Crippen LogP contribution in [0, 0.1) is 5.92 Å². The molecule has 0 aliphatic rings. The number of ketones is 1. The van der Waals surface area contributed by atoms with E-state index >= 15 is 0 Å². The van der Waals surface area contributed by atoms with Crippen LogP contribution in [-0.4, -0.2) is 20.0 Å². The highest BCUT2D eigenvalue weighted by atomic mass is 16.5. The maximum absolute atomic E-state index is 12.4. The molecule has 0 aliphatic carbocycles. The smallest absolute Gasteiger partial charge is 0.170 e. The molecule has 0 saturated carbocycles. The molecule has 3 nitrogen and oxygen atoms in total. The number of rotatable bonds is 7. The molecule has 0 unspecified atom stereocenters. The highest BCUT2D eigenvalue weighted by Crippen LogP contribution is 2.31. The van der Waals surface area contributed by atoms with Crippen molar-refractivity contribution in [3.8, 4) is 11.5 Å². The van der Waals surface area contributed by atoms with E-state index in [9.17, 15) is 4.79 Å². The first-order valence-corrected chi connectivity index (χ1v) is 6.42. The molecule has 0 saturated heterocycles. The number of methoxy groups -OCH3 is 2. The Kier molecular flexibility index (Phi) is 5.69. The van der Waals surface area contributed by atoms with Crippen molar-refractivity contribution in [1.29, 1.82) is 0 Å². The lowest BCUT2D eigenvalue weighted by Crippen LogP contribution is -2.10. The average molecular weight is 250 g/mol. The minimum Gasteiger partial charge on any atom is -0.496 e. The van der Waals surface area contributed by atoms with Gasteiger partial charge in [-0.15, -0.1) is 0 Å². The molecule has 1 aromatic rings. The molecule has 0 N–H and O–H groups in total. The minimum atomic E-state index is 0.0954. The second-order valence-electron chi connectivity index (χ2n) is 4.35. The van der Waals surface area contributed by atoms with Crippen LogP contribution in [-0.2, 0) is 0 Å². The standard InChI is InChI=1S/C15H22O3/c1-5-11(6-2)10-12(16)15-13(17-3)8-7-9-14(15)18-4/h7-9,11H,5-6,10H2,1-4H3. The monoisotopic (exact) mass is 250 g/mol. The molecule has 0 fully saturated rings. The number of carbonyl (C=O) groups is 1. The van der Waals surface area contributed by atoms with Gasteiger partial charge in [-0.1, -0.05) is 32.8 Å². The lowest BCUT2D eigenvalue weighted by atomic mass is 9.93. The third kappa shape index (κ3) is 3.25. The van der Waals surface area contributed by atoms with Crippen LogP contribution in [0.3, 0.4) is 0 Å². The number of hydrogen-bond acceptors (Lipinski definition) is 3. The van der Waals surface area contributed by atoms with Crippen molar-refractivity contribution in [2.75, 3.05) is 14.2 Å². The van der Waals surface area contributed by atoms with Crippen LogP contribution in [0.25, 0.3) is 0 Å². The van der Waals surface area contributed by atoms with Crippen molar-refractivity contribution in [3.63, 3.8) is 0 Å². The summed E-state index contributed by atoms with van der Waals surface area (Å²) in [6.45, 7) is 4.22. The van der Waals surface area contributed by atoms with Crippen molar-refractivity contribution in [1.82, 2.24) is 0 Å². The second kappa shape index (κ2) is 7.04. The van der Waals surface area contributed by atoms with Gasteiger partial charge in [-0.2, -0.15) is 0 Å². The third-order valence-electron chi connectivity index (χ3n) is 3.34. The fourth-order valence-electron chi connectivity index (χ4n) is 2.07. The molecule has 0 aliphatic heterocycles. The van der Waals surface area contributed by atoms with E-state index in [2.05, 4.69) is 13.8 Å². The molecule has 3 heteroatoms. The van der Waals surface area contributed by atoms with Crippen LogP contribution < -0.4 is 9.47 Å². The molecule has 1 rings (SSSR count). The average Bonchev–Trinajstić information content (AvgIpc) is 2.43. The van der Waals surface area contributed by atoms with E-state index < -0.39 is 0 Å². The largest absolute Gasteiger partial charge is 0.496 e. The fourth-order valence-corrected chi connectivity index (χ4v) is 2.07. The highest BCUT2D eigenvalue weighted by Gasteiger charge is 2.20. The predicted octanol–water partition coefficient (Wildman–Crippen LogP) is 3.71. The van der Waals surface area contributed by atoms with Gasteiger partial charge in [-0.3, -0.25) is 4.79 Å². The summed E-state index contributed by atoms with van der Waals surface area (Å²) in [5, 5.41) is 0. The summed E-state index contributed by atoms with van der Waals surface area (Å²) in [5.74, 6) is 1.70. The summed E-state index contributed by atoms with van der Waals surface area (Å²) in [4.78, 5) is 12.4. The van der Waals surface area contributed by atoms with Crippen molar-refractivity contribution >= 4 is 5.78 Å². The zero-order valence-corrected chi connectivity index (χ0v) is 11.7. The molecular weight excluding hydrogens is 228 g/mol. The maximum Gasteiger partial charge on any atom is 0.170 e. The molecule has 1 aromatic carbocycles. The van der Waals surface area contributed by atoms with Gasteiger partial charge in [0.15, 0.2) is 5.78 Å². The van der Waals surface area contributed by atoms with E-state index in [1.807, 2.05) is 6.07 Å². The topological polar surface area (TPSA) is 35.5 Å². The molecule has 0 atom stereocenters. The van der Waals surface area contributed by atoms with Gasteiger partial charge in [0, 0.05) is 6.42 Å². The Bertz CT molecular complexity index is 372. The first-order valence-electron chi connectivity index (χ1n) is 6.42. The molecule has 0 bridgehead atoms. The van der Waals surface area contributed by atoms with Crippen molar-refractivity contribution < 1.29 is 14.3 Å². The number of Topliss-reactive ketones (excluding diaryl/α,β-unsaturated/α-hetero) is 1. The number of benzene rings is 1. The molecule has 0 aromatic heterocycles. The van der Waals surface area contributed by atoms with E-state index in [1.165, 1.54) is 0 Å². The van der Waals surface area contributed by atoms with Crippen LogP contribution in [0.5, 0.6) is 11.5 Å². The van der Waals surface area contributed by atoms with E-state index in [0.717, 1.165) is 12.8 Å². The first-order chi connectivity index (χ1) is 8.67. The van der Waals surface area contributed by atoms with Gasteiger partial charge in [-0.25, -0.2) is 0 Å². The fraction of sp³-hybridized carbons (Fsp3) is 0.533. The van der Waals surface area contributed by atoms with E-state index in [0.29, 0.717) is 29.4 Å². The summed E-state index contributed by atoms with van der Waals surface area (Å²) in [7, 11) is 3.14. The number of ether oxygens (including phenoxy) is 2. The first kappa shape index (κ1) is 14.6. The Labute approximate surface area is 109 Å². The highest BCUT2D eigenvalue weighted by molar-refractivity contribution is 6.01. The Balaban J connectivity index is 3.03. The van der Waals surface area contributed by atoms with Gasteiger partial charge in [0.2, 0.25) is 0 Å². The Morgan fingerprint density at radius 1 is 1.11 bits per heavy atom. The normalized spacial score (nSPS) is 10.5. The van der Waals surface area contributed by atoms with E-state index in [4.69, 9.17) is 9.47 Å². The Hall–Kier alpha value is -1.51. The number of hydrogen-bond donors (Lipinski definition) is 0. The lowest BCUT2D eigenvalue weighted by molar-refractivity contribution is 0.0952. The molecule has 0 radical (unpaired) electrons. The van der Waals surface area contributed by atoms with Gasteiger partial charge in [0.25, 0.3) is 0 Å². The van der Waals surface area contributed by atoms with Gasteiger partial charge < -0.3 is 9.47 Å². The molecule has 18 heavy (non-hydrogen) atoms. The van der Waals surface area contributed by atoms with E-state index in [-0.39, 0.29) is 5.78 Å².